The molecule has 0 fully saturated rings. The van der Waals surface area contributed by atoms with Gasteiger partial charge < -0.3 is 10.2 Å². The minimum absolute atomic E-state index is 0.0590. The Hall–Kier alpha value is -0.600. The van der Waals surface area contributed by atoms with Gasteiger partial charge in [0, 0.05) is 6.61 Å². The lowest BCUT2D eigenvalue weighted by atomic mass is 10.1. The SMILES string of the molecule is C=CC(=C)C.CC(C)(O)CCO. The molecule has 0 aromatic rings. The molecule has 0 saturated heterocycles. The van der Waals surface area contributed by atoms with Crippen LogP contribution in [0.15, 0.2) is 24.8 Å². The fourth-order valence-electron chi connectivity index (χ4n) is 0.274. The maximum absolute atomic E-state index is 8.86. The quantitative estimate of drug-likeness (QED) is 0.638. The molecule has 2 heteroatoms. The fraction of sp³-hybridized carbons (Fsp3) is 0.600. The normalized spacial score (nSPS) is 9.75. The van der Waals surface area contributed by atoms with Crippen LogP contribution in [-0.2, 0) is 0 Å². The first-order chi connectivity index (χ1) is 5.33. The predicted octanol–water partition coefficient (Wildman–Crippen LogP) is 1.89. The molecule has 0 aliphatic heterocycles. The highest BCUT2D eigenvalue weighted by Gasteiger charge is 2.09. The van der Waals surface area contributed by atoms with Crippen molar-refractivity contribution in [1.29, 1.82) is 0 Å². The Bertz CT molecular complexity index is 131. The molecule has 2 nitrogen and oxygen atoms in total. The van der Waals surface area contributed by atoms with Crippen LogP contribution in [0.3, 0.4) is 0 Å². The monoisotopic (exact) mass is 172 g/mol. The molecule has 0 unspecified atom stereocenters. The molecule has 0 aliphatic rings. The van der Waals surface area contributed by atoms with Crippen LogP contribution in [0, 0.1) is 0 Å². The average molecular weight is 172 g/mol. The van der Waals surface area contributed by atoms with E-state index in [2.05, 4.69) is 13.2 Å². The van der Waals surface area contributed by atoms with Crippen molar-refractivity contribution >= 4 is 0 Å². The molecule has 0 aromatic heterocycles. The fourth-order valence-corrected chi connectivity index (χ4v) is 0.274. The third-order valence-corrected chi connectivity index (χ3v) is 1.07. The van der Waals surface area contributed by atoms with E-state index in [1.54, 1.807) is 19.9 Å². The summed E-state index contributed by atoms with van der Waals surface area (Å²) in [5.41, 5.74) is 0.319. The van der Waals surface area contributed by atoms with Crippen molar-refractivity contribution in [2.24, 2.45) is 0 Å². The summed E-state index contributed by atoms with van der Waals surface area (Å²) in [5.74, 6) is 0. The Morgan fingerprint density at radius 1 is 1.50 bits per heavy atom. The van der Waals surface area contributed by atoms with E-state index in [4.69, 9.17) is 10.2 Å². The van der Waals surface area contributed by atoms with Gasteiger partial charge in [-0.2, -0.15) is 0 Å². The molecule has 0 saturated carbocycles. The van der Waals surface area contributed by atoms with Gasteiger partial charge in [0.15, 0.2) is 0 Å². The summed E-state index contributed by atoms with van der Waals surface area (Å²) in [5, 5.41) is 17.1. The van der Waals surface area contributed by atoms with Crippen LogP contribution in [-0.4, -0.2) is 22.4 Å². The van der Waals surface area contributed by atoms with E-state index in [1.807, 2.05) is 6.92 Å². The molecule has 0 amide bonds. The number of hydrogen-bond acceptors (Lipinski definition) is 2. The van der Waals surface area contributed by atoms with Gasteiger partial charge in [-0.05, 0) is 27.2 Å². The first-order valence-electron chi connectivity index (χ1n) is 3.94. The lowest BCUT2D eigenvalue weighted by Crippen LogP contribution is -2.19. The highest BCUT2D eigenvalue weighted by molar-refractivity contribution is 5.05. The molecule has 72 valence electrons. The Labute approximate surface area is 75.2 Å². The average Bonchev–Trinajstić information content (AvgIpc) is 1.86. The maximum atomic E-state index is 8.86. The third-order valence-electron chi connectivity index (χ3n) is 1.07. The van der Waals surface area contributed by atoms with Crippen LogP contribution in [0.4, 0.5) is 0 Å². The third kappa shape index (κ3) is 22.7. The van der Waals surface area contributed by atoms with Crippen molar-refractivity contribution in [1.82, 2.24) is 0 Å². The minimum atomic E-state index is -0.700. The number of rotatable bonds is 3. The Morgan fingerprint density at radius 2 is 1.83 bits per heavy atom. The summed E-state index contributed by atoms with van der Waals surface area (Å²) in [7, 11) is 0. The van der Waals surface area contributed by atoms with Gasteiger partial charge in [0.1, 0.15) is 0 Å². The molecular weight excluding hydrogens is 152 g/mol. The van der Waals surface area contributed by atoms with Crippen LogP contribution in [0.1, 0.15) is 27.2 Å². The second kappa shape index (κ2) is 7.07. The molecule has 2 N–H and O–H groups in total. The summed E-state index contributed by atoms with van der Waals surface area (Å²) >= 11 is 0. The zero-order chi connectivity index (χ0) is 10.2. The molecule has 0 spiro atoms. The maximum Gasteiger partial charge on any atom is 0.0613 e. The second-order valence-corrected chi connectivity index (χ2v) is 3.34. The summed E-state index contributed by atoms with van der Waals surface area (Å²) < 4.78 is 0. The van der Waals surface area contributed by atoms with E-state index in [1.165, 1.54) is 0 Å². The first-order valence-corrected chi connectivity index (χ1v) is 3.94. The van der Waals surface area contributed by atoms with Gasteiger partial charge in [0.05, 0.1) is 5.60 Å². The van der Waals surface area contributed by atoms with E-state index in [0.717, 1.165) is 5.57 Å². The van der Waals surface area contributed by atoms with Gasteiger partial charge in [0.2, 0.25) is 0 Å². The van der Waals surface area contributed by atoms with E-state index in [0.29, 0.717) is 6.42 Å². The highest BCUT2D eigenvalue weighted by atomic mass is 16.3. The largest absolute Gasteiger partial charge is 0.396 e. The van der Waals surface area contributed by atoms with Crippen LogP contribution in [0.5, 0.6) is 0 Å². The smallest absolute Gasteiger partial charge is 0.0613 e. The van der Waals surface area contributed by atoms with Crippen LogP contribution < -0.4 is 0 Å². The molecule has 0 heterocycles. The Kier molecular flexibility index (Phi) is 8.22. The van der Waals surface area contributed by atoms with Crippen molar-refractivity contribution in [3.8, 4) is 0 Å². The minimum Gasteiger partial charge on any atom is -0.396 e. The Balaban J connectivity index is 0. The predicted molar refractivity (Wildman–Crippen MR) is 53.0 cm³/mol. The standard InChI is InChI=1S/C5H12O2.C5H8/c1-5(2,7)3-4-6;1-4-5(2)3/h6-7H,3-4H2,1-2H3;4H,1-2H2,3H3. The number of allylic oxidation sites excluding steroid dienone is 2. The van der Waals surface area contributed by atoms with Crippen molar-refractivity contribution in [2.75, 3.05) is 6.61 Å². The molecule has 0 aliphatic carbocycles. The zero-order valence-electron chi connectivity index (χ0n) is 8.30. The molecule has 12 heavy (non-hydrogen) atoms. The summed E-state index contributed by atoms with van der Waals surface area (Å²) in [6.07, 6.45) is 2.17. The van der Waals surface area contributed by atoms with Gasteiger partial charge in [0.25, 0.3) is 0 Å². The van der Waals surface area contributed by atoms with Gasteiger partial charge in [-0.15, -0.1) is 0 Å². The van der Waals surface area contributed by atoms with Crippen LogP contribution in [0.25, 0.3) is 0 Å². The number of hydrogen-bond donors (Lipinski definition) is 2. The molecule has 0 bridgehead atoms. The van der Waals surface area contributed by atoms with Gasteiger partial charge in [-0.1, -0.05) is 24.8 Å². The molecule has 0 radical (unpaired) electrons. The topological polar surface area (TPSA) is 40.5 Å². The number of aliphatic hydroxyl groups excluding tert-OH is 1. The van der Waals surface area contributed by atoms with E-state index in [-0.39, 0.29) is 6.61 Å². The van der Waals surface area contributed by atoms with Gasteiger partial charge in [-0.3, -0.25) is 0 Å². The lowest BCUT2D eigenvalue weighted by Gasteiger charge is -2.13. The molecule has 0 rings (SSSR count). The van der Waals surface area contributed by atoms with Crippen molar-refractivity contribution in [2.45, 2.75) is 32.8 Å². The van der Waals surface area contributed by atoms with Crippen LogP contribution >= 0.6 is 0 Å². The van der Waals surface area contributed by atoms with Crippen molar-refractivity contribution < 1.29 is 10.2 Å². The molecule has 0 aromatic carbocycles. The first kappa shape index (κ1) is 14.0. The summed E-state index contributed by atoms with van der Waals surface area (Å²) in [4.78, 5) is 0. The van der Waals surface area contributed by atoms with Crippen LogP contribution in [0.2, 0.25) is 0 Å². The van der Waals surface area contributed by atoms with Gasteiger partial charge in [-0.25, -0.2) is 0 Å². The summed E-state index contributed by atoms with van der Waals surface area (Å²) in [6, 6.07) is 0. The van der Waals surface area contributed by atoms with Crippen molar-refractivity contribution in [3.63, 3.8) is 0 Å². The molecular formula is C10H20O2. The number of aliphatic hydroxyl groups is 2. The second-order valence-electron chi connectivity index (χ2n) is 3.34. The van der Waals surface area contributed by atoms with Gasteiger partial charge >= 0.3 is 0 Å². The van der Waals surface area contributed by atoms with E-state index in [9.17, 15) is 0 Å². The molecule has 0 atom stereocenters. The van der Waals surface area contributed by atoms with E-state index < -0.39 is 5.60 Å². The van der Waals surface area contributed by atoms with E-state index >= 15 is 0 Å². The summed E-state index contributed by atoms with van der Waals surface area (Å²) in [6.45, 7) is 12.3. The Morgan fingerprint density at radius 3 is 1.83 bits per heavy atom. The highest BCUT2D eigenvalue weighted by Crippen LogP contribution is 2.04. The van der Waals surface area contributed by atoms with Crippen molar-refractivity contribution in [3.05, 3.63) is 24.8 Å². The lowest BCUT2D eigenvalue weighted by molar-refractivity contribution is 0.0515. The zero-order valence-corrected chi connectivity index (χ0v) is 8.30.